The van der Waals surface area contributed by atoms with Crippen LogP contribution < -0.4 is 10.9 Å². The third-order valence-electron chi connectivity index (χ3n) is 3.76. The average molecular weight is 338 g/mol. The molecule has 1 amide bonds. The van der Waals surface area contributed by atoms with Crippen LogP contribution in [0.15, 0.2) is 35.1 Å². The third-order valence-corrected chi connectivity index (χ3v) is 4.86. The van der Waals surface area contributed by atoms with Crippen molar-refractivity contribution in [2.75, 3.05) is 5.32 Å². The predicted molar refractivity (Wildman–Crippen MR) is 93.1 cm³/mol. The molecule has 0 spiro atoms. The largest absolute Gasteiger partial charge is 0.325 e. The van der Waals surface area contributed by atoms with Gasteiger partial charge in [-0.2, -0.15) is 5.26 Å². The van der Waals surface area contributed by atoms with Gasteiger partial charge in [-0.25, -0.2) is 4.98 Å². The predicted octanol–water partition coefficient (Wildman–Crippen LogP) is 2.85. The molecule has 1 aromatic carbocycles. The van der Waals surface area contributed by atoms with Crippen LogP contribution in [0.3, 0.4) is 0 Å². The monoisotopic (exact) mass is 338 g/mol. The van der Waals surface area contributed by atoms with Gasteiger partial charge >= 0.3 is 0 Å². The zero-order valence-electron chi connectivity index (χ0n) is 13.1. The Kier molecular flexibility index (Phi) is 4.15. The Morgan fingerprint density at radius 1 is 1.33 bits per heavy atom. The topological polar surface area (TPSA) is 98.6 Å². The molecule has 120 valence electrons. The van der Waals surface area contributed by atoms with E-state index < -0.39 is 11.8 Å². The first-order chi connectivity index (χ1) is 11.5. The van der Waals surface area contributed by atoms with Crippen molar-refractivity contribution in [3.8, 4) is 6.07 Å². The van der Waals surface area contributed by atoms with E-state index in [1.807, 2.05) is 26.0 Å². The number of aryl methyl sites for hydroxylation is 2. The standard InChI is InChI=1S/C17H14N4O2S/c1-9-10(2)24-17-13(9)16(23)20-14(21-17)12(8-18)15(22)19-11-6-4-3-5-7-11/h3-7,12H,1-2H3,(H,19,22)(H,20,21,23)/t12-/m0/s1. The molecule has 3 aromatic rings. The molecule has 2 N–H and O–H groups in total. The number of nitrogens with zero attached hydrogens (tertiary/aromatic N) is 2. The lowest BCUT2D eigenvalue weighted by atomic mass is 10.1. The fourth-order valence-corrected chi connectivity index (χ4v) is 3.42. The number of benzene rings is 1. The van der Waals surface area contributed by atoms with E-state index in [1.165, 1.54) is 11.3 Å². The summed E-state index contributed by atoms with van der Waals surface area (Å²) >= 11 is 1.38. The Morgan fingerprint density at radius 3 is 2.71 bits per heavy atom. The van der Waals surface area contributed by atoms with Gasteiger partial charge < -0.3 is 10.3 Å². The molecule has 6 nitrogen and oxygen atoms in total. The van der Waals surface area contributed by atoms with Crippen LogP contribution in [0.1, 0.15) is 22.2 Å². The number of amides is 1. The van der Waals surface area contributed by atoms with Crippen molar-refractivity contribution < 1.29 is 4.79 Å². The summed E-state index contributed by atoms with van der Waals surface area (Å²) in [6.45, 7) is 3.76. The van der Waals surface area contributed by atoms with Gasteiger partial charge in [0, 0.05) is 10.6 Å². The summed E-state index contributed by atoms with van der Waals surface area (Å²) < 4.78 is 0. The van der Waals surface area contributed by atoms with Gasteiger partial charge in [-0.05, 0) is 31.5 Å². The quantitative estimate of drug-likeness (QED) is 0.767. The maximum atomic E-state index is 12.4. The first-order valence-corrected chi connectivity index (χ1v) is 8.08. The fourth-order valence-electron chi connectivity index (χ4n) is 2.39. The molecule has 0 bridgehead atoms. The SMILES string of the molecule is Cc1sc2nc([C@H](C#N)C(=O)Nc3ccccc3)[nH]c(=O)c2c1C. The van der Waals surface area contributed by atoms with Crippen LogP contribution in [0, 0.1) is 25.2 Å². The summed E-state index contributed by atoms with van der Waals surface area (Å²) in [5.74, 6) is -1.66. The van der Waals surface area contributed by atoms with Crippen LogP contribution in [0.5, 0.6) is 0 Å². The molecule has 7 heteroatoms. The van der Waals surface area contributed by atoms with Crippen LogP contribution in [0.2, 0.25) is 0 Å². The second kappa shape index (κ2) is 6.26. The van der Waals surface area contributed by atoms with Crippen molar-refractivity contribution in [1.82, 2.24) is 9.97 Å². The van der Waals surface area contributed by atoms with Crippen molar-refractivity contribution in [2.45, 2.75) is 19.8 Å². The van der Waals surface area contributed by atoms with E-state index in [0.717, 1.165) is 10.4 Å². The minimum Gasteiger partial charge on any atom is -0.325 e. The van der Waals surface area contributed by atoms with Crippen molar-refractivity contribution in [3.05, 3.63) is 57.0 Å². The highest BCUT2D eigenvalue weighted by molar-refractivity contribution is 7.18. The van der Waals surface area contributed by atoms with E-state index in [4.69, 9.17) is 0 Å². The van der Waals surface area contributed by atoms with Gasteiger partial charge in [-0.1, -0.05) is 18.2 Å². The van der Waals surface area contributed by atoms with Crippen molar-refractivity contribution in [1.29, 1.82) is 5.26 Å². The van der Waals surface area contributed by atoms with Crippen LogP contribution in [-0.4, -0.2) is 15.9 Å². The van der Waals surface area contributed by atoms with Gasteiger partial charge in [0.25, 0.3) is 5.56 Å². The second-order valence-corrected chi connectivity index (χ2v) is 6.54. The summed E-state index contributed by atoms with van der Waals surface area (Å²) in [5.41, 5.74) is 1.12. The van der Waals surface area contributed by atoms with E-state index in [2.05, 4.69) is 15.3 Å². The number of hydrogen-bond donors (Lipinski definition) is 2. The number of aromatic amines is 1. The van der Waals surface area contributed by atoms with E-state index >= 15 is 0 Å². The molecule has 1 atom stereocenters. The normalized spacial score (nSPS) is 11.9. The van der Waals surface area contributed by atoms with Gasteiger partial charge in [-0.3, -0.25) is 9.59 Å². The highest BCUT2D eigenvalue weighted by atomic mass is 32.1. The fraction of sp³-hybridized carbons (Fsp3) is 0.176. The van der Waals surface area contributed by atoms with Crippen LogP contribution in [0.4, 0.5) is 5.69 Å². The highest BCUT2D eigenvalue weighted by Crippen LogP contribution is 2.27. The number of fused-ring (bicyclic) bond motifs is 1. The summed E-state index contributed by atoms with van der Waals surface area (Å²) in [7, 11) is 0. The van der Waals surface area contributed by atoms with E-state index in [1.54, 1.807) is 24.3 Å². The van der Waals surface area contributed by atoms with Gasteiger partial charge in [0.05, 0.1) is 11.5 Å². The molecule has 2 heterocycles. The Hall–Kier alpha value is -2.98. The Morgan fingerprint density at radius 2 is 2.04 bits per heavy atom. The molecule has 0 saturated carbocycles. The molecule has 0 saturated heterocycles. The van der Waals surface area contributed by atoms with Gasteiger partial charge in [0.2, 0.25) is 5.91 Å². The maximum absolute atomic E-state index is 12.4. The number of hydrogen-bond acceptors (Lipinski definition) is 5. The summed E-state index contributed by atoms with van der Waals surface area (Å²) in [6.07, 6.45) is 0. The number of aromatic nitrogens is 2. The molecule has 0 aliphatic heterocycles. The lowest BCUT2D eigenvalue weighted by molar-refractivity contribution is -0.116. The molecule has 0 radical (unpaired) electrons. The number of thiophene rings is 1. The smallest absolute Gasteiger partial charge is 0.259 e. The molecule has 0 fully saturated rings. The first-order valence-electron chi connectivity index (χ1n) is 7.26. The van der Waals surface area contributed by atoms with E-state index in [9.17, 15) is 14.9 Å². The lowest BCUT2D eigenvalue weighted by Gasteiger charge is -2.09. The summed E-state index contributed by atoms with van der Waals surface area (Å²) in [6, 6.07) is 10.7. The summed E-state index contributed by atoms with van der Waals surface area (Å²) in [5, 5.41) is 12.6. The molecule has 24 heavy (non-hydrogen) atoms. The molecular formula is C17H14N4O2S. The number of anilines is 1. The number of nitrogens with one attached hydrogen (secondary N) is 2. The number of rotatable bonds is 3. The molecule has 0 aliphatic rings. The van der Waals surface area contributed by atoms with Crippen LogP contribution in [0.25, 0.3) is 10.2 Å². The average Bonchev–Trinajstić information content (AvgIpc) is 2.84. The summed E-state index contributed by atoms with van der Waals surface area (Å²) in [4.78, 5) is 33.1. The number of para-hydroxylation sites is 1. The molecule has 3 rings (SSSR count). The lowest BCUT2D eigenvalue weighted by Crippen LogP contribution is -2.24. The first kappa shape index (κ1) is 15.9. The zero-order chi connectivity index (χ0) is 17.3. The van der Waals surface area contributed by atoms with E-state index in [0.29, 0.717) is 15.9 Å². The Labute approximate surface area is 141 Å². The minimum atomic E-state index is -1.19. The van der Waals surface area contributed by atoms with Crippen molar-refractivity contribution in [2.24, 2.45) is 0 Å². The van der Waals surface area contributed by atoms with Crippen molar-refractivity contribution in [3.63, 3.8) is 0 Å². The zero-order valence-corrected chi connectivity index (χ0v) is 13.9. The number of H-pyrrole nitrogens is 1. The minimum absolute atomic E-state index is 0.0599. The Balaban J connectivity index is 1.99. The molecule has 0 aliphatic carbocycles. The van der Waals surface area contributed by atoms with Gasteiger partial charge in [0.1, 0.15) is 10.7 Å². The van der Waals surface area contributed by atoms with E-state index in [-0.39, 0.29) is 11.4 Å². The Bertz CT molecular complexity index is 1010. The van der Waals surface area contributed by atoms with Gasteiger partial charge in [-0.15, -0.1) is 11.3 Å². The second-order valence-electron chi connectivity index (χ2n) is 5.33. The maximum Gasteiger partial charge on any atom is 0.259 e. The van der Waals surface area contributed by atoms with Crippen LogP contribution >= 0.6 is 11.3 Å². The highest BCUT2D eigenvalue weighted by Gasteiger charge is 2.24. The molecule has 2 aromatic heterocycles. The van der Waals surface area contributed by atoms with Crippen LogP contribution in [-0.2, 0) is 4.79 Å². The molecule has 0 unspecified atom stereocenters. The number of carbonyl (C=O) groups excluding carboxylic acids is 1. The molecular weight excluding hydrogens is 324 g/mol. The number of carbonyl (C=O) groups is 1. The van der Waals surface area contributed by atoms with Crippen molar-refractivity contribution >= 4 is 33.1 Å². The third kappa shape index (κ3) is 2.79. The number of nitriles is 1. The van der Waals surface area contributed by atoms with Gasteiger partial charge in [0.15, 0.2) is 5.92 Å².